The highest BCUT2D eigenvalue weighted by Crippen LogP contribution is 2.34. The summed E-state index contributed by atoms with van der Waals surface area (Å²) in [5.41, 5.74) is 0.880. The molecule has 5 nitrogen and oxygen atoms in total. The zero-order valence-electron chi connectivity index (χ0n) is 11.4. The fourth-order valence-corrected chi connectivity index (χ4v) is 1.96. The molecular weight excluding hydrogens is 297 g/mol. The number of nitrogens with zero attached hydrogens (tertiary/aromatic N) is 2. The topological polar surface area (TPSA) is 58.4 Å². The molecular formula is C14H13ClFN3O2. The fourth-order valence-electron chi connectivity index (χ4n) is 1.80. The molecule has 0 spiro atoms. The second-order valence-electron chi connectivity index (χ2n) is 4.58. The predicted molar refractivity (Wildman–Crippen MR) is 82.1 cm³/mol. The summed E-state index contributed by atoms with van der Waals surface area (Å²) in [5, 5.41) is 13.5. The van der Waals surface area contributed by atoms with Crippen molar-refractivity contribution >= 4 is 34.4 Å². The number of nitrogens with one attached hydrogen (secondary N) is 1. The van der Waals surface area contributed by atoms with Gasteiger partial charge in [0, 0.05) is 31.5 Å². The SMILES string of the molecule is CN(C)c1ccc(Nc2c([N+](=O)[O-])ccc(Cl)c2F)cc1. The van der Waals surface area contributed by atoms with Gasteiger partial charge in [0.1, 0.15) is 0 Å². The summed E-state index contributed by atoms with van der Waals surface area (Å²) in [5.74, 6) is -0.845. The Morgan fingerprint density at radius 2 is 1.81 bits per heavy atom. The van der Waals surface area contributed by atoms with E-state index in [1.807, 2.05) is 31.1 Å². The monoisotopic (exact) mass is 309 g/mol. The number of hydrogen-bond acceptors (Lipinski definition) is 4. The summed E-state index contributed by atoms with van der Waals surface area (Å²) in [4.78, 5) is 12.2. The van der Waals surface area contributed by atoms with Crippen LogP contribution in [0.4, 0.5) is 27.1 Å². The van der Waals surface area contributed by atoms with Crippen molar-refractivity contribution in [2.75, 3.05) is 24.3 Å². The quantitative estimate of drug-likeness (QED) is 0.679. The highest BCUT2D eigenvalue weighted by Gasteiger charge is 2.20. The Bertz CT molecular complexity index is 675. The Hall–Kier alpha value is -2.34. The van der Waals surface area contributed by atoms with E-state index in [0.717, 1.165) is 11.8 Å². The second kappa shape index (κ2) is 5.97. The standard InChI is InChI=1S/C14H13ClFN3O2/c1-18(2)10-5-3-9(4-6-10)17-14-12(19(20)21)8-7-11(15)13(14)16/h3-8,17H,1-2H3. The van der Waals surface area contributed by atoms with Crippen LogP contribution in [0, 0.1) is 15.9 Å². The molecule has 2 aromatic rings. The lowest BCUT2D eigenvalue weighted by Gasteiger charge is -2.14. The number of anilines is 3. The Kier molecular flexibility index (Phi) is 4.28. The van der Waals surface area contributed by atoms with E-state index in [9.17, 15) is 14.5 Å². The lowest BCUT2D eigenvalue weighted by Crippen LogP contribution is -2.08. The molecule has 21 heavy (non-hydrogen) atoms. The minimum atomic E-state index is -0.845. The van der Waals surface area contributed by atoms with Crippen molar-refractivity contribution in [1.82, 2.24) is 0 Å². The van der Waals surface area contributed by atoms with E-state index in [2.05, 4.69) is 5.32 Å². The zero-order valence-corrected chi connectivity index (χ0v) is 12.2. The van der Waals surface area contributed by atoms with E-state index < -0.39 is 10.7 Å². The van der Waals surface area contributed by atoms with Gasteiger partial charge in [-0.1, -0.05) is 11.6 Å². The molecule has 0 aromatic heterocycles. The van der Waals surface area contributed by atoms with Crippen LogP contribution in [0.25, 0.3) is 0 Å². The fraction of sp³-hybridized carbons (Fsp3) is 0.143. The second-order valence-corrected chi connectivity index (χ2v) is 4.99. The number of benzene rings is 2. The molecule has 110 valence electrons. The molecule has 0 fully saturated rings. The molecule has 0 heterocycles. The van der Waals surface area contributed by atoms with Crippen LogP contribution in [-0.4, -0.2) is 19.0 Å². The van der Waals surface area contributed by atoms with Crippen LogP contribution < -0.4 is 10.2 Å². The van der Waals surface area contributed by atoms with E-state index in [1.54, 1.807) is 12.1 Å². The number of nitro benzene ring substituents is 1. The number of rotatable bonds is 4. The third-order valence-corrected chi connectivity index (χ3v) is 3.21. The summed E-state index contributed by atoms with van der Waals surface area (Å²) in [7, 11) is 3.79. The van der Waals surface area contributed by atoms with Gasteiger partial charge >= 0.3 is 0 Å². The van der Waals surface area contributed by atoms with Crippen LogP contribution in [0.3, 0.4) is 0 Å². The molecule has 0 radical (unpaired) electrons. The number of hydrogen-bond donors (Lipinski definition) is 1. The summed E-state index contributed by atoms with van der Waals surface area (Å²) >= 11 is 5.68. The summed E-state index contributed by atoms with van der Waals surface area (Å²) in [6.45, 7) is 0. The first-order chi connectivity index (χ1) is 9.90. The molecule has 0 bridgehead atoms. The van der Waals surface area contributed by atoms with Gasteiger partial charge in [0.05, 0.1) is 9.95 Å². The minimum absolute atomic E-state index is 0.173. The lowest BCUT2D eigenvalue weighted by atomic mass is 10.2. The largest absolute Gasteiger partial charge is 0.378 e. The van der Waals surface area contributed by atoms with E-state index >= 15 is 0 Å². The van der Waals surface area contributed by atoms with Crippen LogP contribution >= 0.6 is 11.6 Å². The highest BCUT2D eigenvalue weighted by molar-refractivity contribution is 6.31. The molecule has 0 saturated heterocycles. The smallest absolute Gasteiger partial charge is 0.295 e. The normalized spacial score (nSPS) is 10.3. The third-order valence-electron chi connectivity index (χ3n) is 2.92. The summed E-state index contributed by atoms with van der Waals surface area (Å²) in [6.07, 6.45) is 0. The van der Waals surface area contributed by atoms with Crippen molar-refractivity contribution in [3.8, 4) is 0 Å². The summed E-state index contributed by atoms with van der Waals surface area (Å²) < 4.78 is 14.0. The Morgan fingerprint density at radius 3 is 2.33 bits per heavy atom. The maximum atomic E-state index is 14.0. The minimum Gasteiger partial charge on any atom is -0.378 e. The Labute approximate surface area is 126 Å². The van der Waals surface area contributed by atoms with Crippen molar-refractivity contribution < 1.29 is 9.31 Å². The molecule has 0 aliphatic carbocycles. The van der Waals surface area contributed by atoms with E-state index in [-0.39, 0.29) is 16.4 Å². The predicted octanol–water partition coefficient (Wildman–Crippen LogP) is 4.20. The molecule has 0 aliphatic rings. The molecule has 0 aliphatic heterocycles. The van der Waals surface area contributed by atoms with Crippen LogP contribution in [0.15, 0.2) is 36.4 Å². The Morgan fingerprint density at radius 1 is 1.19 bits per heavy atom. The first-order valence-electron chi connectivity index (χ1n) is 6.07. The van der Waals surface area contributed by atoms with Crippen LogP contribution in [0.2, 0.25) is 5.02 Å². The van der Waals surface area contributed by atoms with Gasteiger partial charge in [0.25, 0.3) is 5.69 Å². The molecule has 2 aromatic carbocycles. The van der Waals surface area contributed by atoms with Gasteiger partial charge in [-0.05, 0) is 30.3 Å². The number of nitro groups is 1. The summed E-state index contributed by atoms with van der Waals surface area (Å²) in [6, 6.07) is 9.38. The van der Waals surface area contributed by atoms with Gasteiger partial charge in [0.15, 0.2) is 11.5 Å². The maximum Gasteiger partial charge on any atom is 0.295 e. The van der Waals surface area contributed by atoms with Gasteiger partial charge in [0.2, 0.25) is 0 Å². The first-order valence-corrected chi connectivity index (χ1v) is 6.44. The van der Waals surface area contributed by atoms with Crippen molar-refractivity contribution in [2.45, 2.75) is 0 Å². The van der Waals surface area contributed by atoms with Gasteiger partial charge in [-0.15, -0.1) is 0 Å². The van der Waals surface area contributed by atoms with Gasteiger partial charge in [-0.2, -0.15) is 0 Å². The van der Waals surface area contributed by atoms with Gasteiger partial charge in [-0.3, -0.25) is 10.1 Å². The molecule has 2 rings (SSSR count). The van der Waals surface area contributed by atoms with Crippen molar-refractivity contribution in [2.24, 2.45) is 0 Å². The van der Waals surface area contributed by atoms with Crippen molar-refractivity contribution in [3.05, 3.63) is 57.4 Å². The molecule has 7 heteroatoms. The third kappa shape index (κ3) is 3.22. The number of halogens is 2. The average Bonchev–Trinajstić information content (AvgIpc) is 2.44. The zero-order chi connectivity index (χ0) is 15.6. The molecule has 0 amide bonds. The van der Waals surface area contributed by atoms with Crippen molar-refractivity contribution in [3.63, 3.8) is 0 Å². The van der Waals surface area contributed by atoms with E-state index in [1.165, 1.54) is 6.07 Å². The van der Waals surface area contributed by atoms with Crippen LogP contribution in [-0.2, 0) is 0 Å². The van der Waals surface area contributed by atoms with Gasteiger partial charge < -0.3 is 10.2 Å². The lowest BCUT2D eigenvalue weighted by molar-refractivity contribution is -0.384. The van der Waals surface area contributed by atoms with E-state index in [4.69, 9.17) is 11.6 Å². The Balaban J connectivity index is 2.38. The van der Waals surface area contributed by atoms with Crippen LogP contribution in [0.1, 0.15) is 0 Å². The van der Waals surface area contributed by atoms with Crippen LogP contribution in [0.5, 0.6) is 0 Å². The molecule has 0 saturated carbocycles. The maximum absolute atomic E-state index is 14.0. The average molecular weight is 310 g/mol. The van der Waals surface area contributed by atoms with Gasteiger partial charge in [-0.25, -0.2) is 4.39 Å². The molecule has 0 unspecified atom stereocenters. The highest BCUT2D eigenvalue weighted by atomic mass is 35.5. The van der Waals surface area contributed by atoms with E-state index in [0.29, 0.717) is 5.69 Å². The molecule has 1 N–H and O–H groups in total. The first kappa shape index (κ1) is 15.1. The van der Waals surface area contributed by atoms with Crippen molar-refractivity contribution in [1.29, 1.82) is 0 Å². The molecule has 0 atom stereocenters.